The Bertz CT molecular complexity index is 585. The summed E-state index contributed by atoms with van der Waals surface area (Å²) in [6.45, 7) is 4.55. The molecule has 3 amide bonds. The van der Waals surface area contributed by atoms with E-state index in [9.17, 15) is 9.59 Å². The Labute approximate surface area is 148 Å². The van der Waals surface area contributed by atoms with Gasteiger partial charge in [0.25, 0.3) is 0 Å². The van der Waals surface area contributed by atoms with Crippen LogP contribution in [0.4, 0.5) is 4.79 Å². The quantitative estimate of drug-likeness (QED) is 0.836. The van der Waals surface area contributed by atoms with Gasteiger partial charge in [-0.1, -0.05) is 12.1 Å². The zero-order valence-corrected chi connectivity index (χ0v) is 15.2. The smallest absolute Gasteiger partial charge is 0.317 e. The van der Waals surface area contributed by atoms with Crippen molar-refractivity contribution in [3.63, 3.8) is 0 Å². The monoisotopic (exact) mass is 349 g/mol. The minimum atomic E-state index is -0.107. The minimum Gasteiger partial charge on any atom is -0.497 e. The highest BCUT2D eigenvalue weighted by Crippen LogP contribution is 2.14. The van der Waals surface area contributed by atoms with E-state index < -0.39 is 0 Å². The van der Waals surface area contributed by atoms with Crippen LogP contribution in [0.15, 0.2) is 24.3 Å². The van der Waals surface area contributed by atoms with Crippen LogP contribution in [0.5, 0.6) is 5.75 Å². The summed E-state index contributed by atoms with van der Waals surface area (Å²) in [6, 6.07) is 7.38. The number of hydrogen-bond donors (Lipinski definition) is 1. The third-order valence-corrected chi connectivity index (χ3v) is 4.20. The lowest BCUT2D eigenvalue weighted by Crippen LogP contribution is -2.54. The Morgan fingerprint density at radius 1 is 1.16 bits per heavy atom. The molecule has 25 heavy (non-hydrogen) atoms. The third kappa shape index (κ3) is 5.63. The molecule has 0 aromatic heterocycles. The lowest BCUT2D eigenvalue weighted by molar-refractivity contribution is -0.131. The number of carbonyl (C=O) groups excluding carboxylic acids is 2. The highest BCUT2D eigenvalue weighted by molar-refractivity contribution is 5.79. The third-order valence-electron chi connectivity index (χ3n) is 4.20. The van der Waals surface area contributed by atoms with Crippen LogP contribution in [0.3, 0.4) is 0 Å². The summed E-state index contributed by atoms with van der Waals surface area (Å²) in [7, 11) is 3.22. The molecule has 0 saturated carbocycles. The fourth-order valence-electron chi connectivity index (χ4n) is 2.82. The van der Waals surface area contributed by atoms with Crippen molar-refractivity contribution in [2.45, 2.75) is 19.4 Å². The number of benzene rings is 1. The fourth-order valence-corrected chi connectivity index (χ4v) is 2.82. The zero-order chi connectivity index (χ0) is 18.2. The van der Waals surface area contributed by atoms with Crippen LogP contribution in [-0.4, -0.2) is 74.8 Å². The van der Waals surface area contributed by atoms with E-state index in [1.165, 1.54) is 0 Å². The highest BCUT2D eigenvalue weighted by Gasteiger charge is 2.24. The SMILES string of the molecule is COC[C@@H](C)NC(=O)N1CCN(C(=O)Cc2cccc(OC)c2)CC1. The van der Waals surface area contributed by atoms with E-state index in [0.717, 1.165) is 11.3 Å². The van der Waals surface area contributed by atoms with E-state index in [4.69, 9.17) is 9.47 Å². The van der Waals surface area contributed by atoms with Gasteiger partial charge in [0, 0.05) is 33.3 Å². The molecule has 0 unspecified atom stereocenters. The Morgan fingerprint density at radius 2 is 1.84 bits per heavy atom. The average molecular weight is 349 g/mol. The van der Waals surface area contributed by atoms with Crippen LogP contribution in [0, 0.1) is 0 Å². The number of carbonyl (C=O) groups is 2. The zero-order valence-electron chi connectivity index (χ0n) is 15.2. The maximum Gasteiger partial charge on any atom is 0.317 e. The number of nitrogens with zero attached hydrogens (tertiary/aromatic N) is 2. The summed E-state index contributed by atoms with van der Waals surface area (Å²) in [5, 5.41) is 2.89. The first-order valence-electron chi connectivity index (χ1n) is 8.48. The topological polar surface area (TPSA) is 71.1 Å². The number of rotatable bonds is 6. The highest BCUT2D eigenvalue weighted by atomic mass is 16.5. The van der Waals surface area contributed by atoms with Gasteiger partial charge in [0.2, 0.25) is 5.91 Å². The molecular formula is C18H27N3O4. The van der Waals surface area contributed by atoms with Crippen molar-refractivity contribution >= 4 is 11.9 Å². The molecule has 1 aromatic rings. The number of piperazine rings is 1. The van der Waals surface area contributed by atoms with Gasteiger partial charge in [0.05, 0.1) is 26.2 Å². The molecule has 1 aromatic carbocycles. The fraction of sp³-hybridized carbons (Fsp3) is 0.556. The van der Waals surface area contributed by atoms with E-state index in [-0.39, 0.29) is 18.0 Å². The first kappa shape index (κ1) is 19.1. The van der Waals surface area contributed by atoms with Gasteiger partial charge >= 0.3 is 6.03 Å². The van der Waals surface area contributed by atoms with Crippen molar-refractivity contribution in [1.82, 2.24) is 15.1 Å². The Hall–Kier alpha value is -2.28. The summed E-state index contributed by atoms with van der Waals surface area (Å²) >= 11 is 0. The number of ether oxygens (including phenoxy) is 2. The van der Waals surface area contributed by atoms with E-state index in [1.54, 1.807) is 19.1 Å². The lowest BCUT2D eigenvalue weighted by atomic mass is 10.1. The predicted molar refractivity (Wildman–Crippen MR) is 94.7 cm³/mol. The molecule has 7 nitrogen and oxygen atoms in total. The molecule has 2 rings (SSSR count). The maximum absolute atomic E-state index is 12.5. The maximum atomic E-state index is 12.5. The second-order valence-corrected chi connectivity index (χ2v) is 6.20. The van der Waals surface area contributed by atoms with Gasteiger partial charge in [-0.2, -0.15) is 0 Å². The summed E-state index contributed by atoms with van der Waals surface area (Å²) in [4.78, 5) is 28.2. The van der Waals surface area contributed by atoms with Crippen LogP contribution >= 0.6 is 0 Å². The summed E-state index contributed by atoms with van der Waals surface area (Å²) < 4.78 is 10.2. The van der Waals surface area contributed by atoms with Crippen molar-refractivity contribution in [1.29, 1.82) is 0 Å². The molecule has 0 bridgehead atoms. The Morgan fingerprint density at radius 3 is 2.48 bits per heavy atom. The summed E-state index contributed by atoms with van der Waals surface area (Å²) in [6.07, 6.45) is 0.342. The van der Waals surface area contributed by atoms with Gasteiger partial charge in [0.15, 0.2) is 0 Å². The van der Waals surface area contributed by atoms with E-state index >= 15 is 0 Å². The van der Waals surface area contributed by atoms with Crippen molar-refractivity contribution in [3.05, 3.63) is 29.8 Å². The first-order valence-corrected chi connectivity index (χ1v) is 8.48. The van der Waals surface area contributed by atoms with E-state index in [0.29, 0.717) is 39.2 Å². The number of hydrogen-bond acceptors (Lipinski definition) is 4. The van der Waals surface area contributed by atoms with Crippen LogP contribution < -0.4 is 10.1 Å². The van der Waals surface area contributed by atoms with Gasteiger partial charge < -0.3 is 24.6 Å². The van der Waals surface area contributed by atoms with Gasteiger partial charge in [-0.15, -0.1) is 0 Å². The van der Waals surface area contributed by atoms with Crippen LogP contribution in [0.1, 0.15) is 12.5 Å². The molecule has 1 saturated heterocycles. The second kappa shape index (κ2) is 9.27. The molecule has 1 aliphatic rings. The molecule has 1 atom stereocenters. The molecule has 138 valence electrons. The van der Waals surface area contributed by atoms with Crippen LogP contribution in [0.25, 0.3) is 0 Å². The first-order chi connectivity index (χ1) is 12.0. The van der Waals surface area contributed by atoms with Gasteiger partial charge in [-0.3, -0.25) is 4.79 Å². The number of amides is 3. The minimum absolute atomic E-state index is 0.0368. The molecular weight excluding hydrogens is 322 g/mol. The molecule has 0 aliphatic carbocycles. The summed E-state index contributed by atoms with van der Waals surface area (Å²) in [5.41, 5.74) is 0.929. The van der Waals surface area contributed by atoms with Gasteiger partial charge in [-0.05, 0) is 24.6 Å². The summed E-state index contributed by atoms with van der Waals surface area (Å²) in [5.74, 6) is 0.818. The lowest BCUT2D eigenvalue weighted by Gasteiger charge is -2.35. The molecule has 1 heterocycles. The molecule has 0 radical (unpaired) electrons. The van der Waals surface area contributed by atoms with Gasteiger partial charge in [0.1, 0.15) is 5.75 Å². The molecule has 1 N–H and O–H groups in total. The normalized spacial score (nSPS) is 15.6. The Balaban J connectivity index is 1.80. The average Bonchev–Trinajstić information content (AvgIpc) is 2.62. The van der Waals surface area contributed by atoms with Crippen molar-refractivity contribution in [3.8, 4) is 5.75 Å². The van der Waals surface area contributed by atoms with Crippen molar-refractivity contribution < 1.29 is 19.1 Å². The van der Waals surface area contributed by atoms with Crippen molar-refractivity contribution in [2.24, 2.45) is 0 Å². The van der Waals surface area contributed by atoms with Crippen LogP contribution in [-0.2, 0) is 16.0 Å². The molecule has 1 fully saturated rings. The number of nitrogens with one attached hydrogen (secondary N) is 1. The van der Waals surface area contributed by atoms with Crippen molar-refractivity contribution in [2.75, 3.05) is 47.0 Å². The van der Waals surface area contributed by atoms with Gasteiger partial charge in [-0.25, -0.2) is 4.79 Å². The molecule has 7 heteroatoms. The van der Waals surface area contributed by atoms with Crippen LogP contribution in [0.2, 0.25) is 0 Å². The number of methoxy groups -OCH3 is 2. The predicted octanol–water partition coefficient (Wildman–Crippen LogP) is 1.13. The Kier molecular flexibility index (Phi) is 7.06. The molecule has 1 aliphatic heterocycles. The number of urea groups is 1. The largest absolute Gasteiger partial charge is 0.497 e. The van der Waals surface area contributed by atoms with E-state index in [2.05, 4.69) is 5.32 Å². The standard InChI is InChI=1S/C18H27N3O4/c1-14(13-24-2)19-18(23)21-9-7-20(8-10-21)17(22)12-15-5-4-6-16(11-15)25-3/h4-6,11,14H,7-10,12-13H2,1-3H3,(H,19,23)/t14-/m1/s1. The molecule has 0 spiro atoms. The second-order valence-electron chi connectivity index (χ2n) is 6.20. The van der Waals surface area contributed by atoms with E-state index in [1.807, 2.05) is 36.1 Å².